The lowest BCUT2D eigenvalue weighted by Gasteiger charge is -2.07. The van der Waals surface area contributed by atoms with E-state index in [1.54, 1.807) is 18.2 Å². The van der Waals surface area contributed by atoms with E-state index in [1.807, 2.05) is 0 Å². The summed E-state index contributed by atoms with van der Waals surface area (Å²) >= 11 is 0. The van der Waals surface area contributed by atoms with Crippen LogP contribution in [-0.2, 0) is 4.74 Å². The highest BCUT2D eigenvalue weighted by atomic mass is 16.5. The Morgan fingerprint density at radius 3 is 2.94 bits per heavy atom. The first-order valence-electron chi connectivity index (χ1n) is 5.68. The lowest BCUT2D eigenvalue weighted by Crippen LogP contribution is -2.28. The standard InChI is InChI=1S/C12H19N3O2/c1-9(2)8-17-7-6-14-12(16)10-4-3-5-11(13)15-10/h3-5,9H,6-8H2,1-2H3,(H2,13,15)(H,14,16). The Morgan fingerprint density at radius 2 is 2.29 bits per heavy atom. The Bertz CT molecular complexity index is 367. The third-order valence-corrected chi connectivity index (χ3v) is 1.99. The van der Waals surface area contributed by atoms with E-state index in [-0.39, 0.29) is 5.91 Å². The van der Waals surface area contributed by atoms with Crippen LogP contribution in [0.15, 0.2) is 18.2 Å². The number of ether oxygens (including phenoxy) is 1. The van der Waals surface area contributed by atoms with Gasteiger partial charge in [0.15, 0.2) is 0 Å². The summed E-state index contributed by atoms with van der Waals surface area (Å²) in [6, 6.07) is 4.97. The van der Waals surface area contributed by atoms with Crippen molar-refractivity contribution in [1.29, 1.82) is 0 Å². The van der Waals surface area contributed by atoms with Crippen LogP contribution in [0.4, 0.5) is 5.82 Å². The van der Waals surface area contributed by atoms with Crippen molar-refractivity contribution in [2.45, 2.75) is 13.8 Å². The van der Waals surface area contributed by atoms with Gasteiger partial charge in [-0.2, -0.15) is 0 Å². The summed E-state index contributed by atoms with van der Waals surface area (Å²) in [5, 5.41) is 2.72. The molecule has 0 spiro atoms. The van der Waals surface area contributed by atoms with E-state index in [1.165, 1.54) is 0 Å². The number of hydrogen-bond acceptors (Lipinski definition) is 4. The fraction of sp³-hybridized carbons (Fsp3) is 0.500. The Kier molecular flexibility index (Phi) is 5.42. The number of aromatic nitrogens is 1. The SMILES string of the molecule is CC(C)COCCNC(=O)c1cccc(N)n1. The van der Waals surface area contributed by atoms with Crippen LogP contribution in [0.3, 0.4) is 0 Å². The molecule has 0 saturated heterocycles. The number of nitrogens with one attached hydrogen (secondary N) is 1. The smallest absolute Gasteiger partial charge is 0.270 e. The van der Waals surface area contributed by atoms with Crippen molar-refractivity contribution in [2.24, 2.45) is 5.92 Å². The number of hydrogen-bond donors (Lipinski definition) is 2. The van der Waals surface area contributed by atoms with E-state index in [9.17, 15) is 4.79 Å². The molecule has 1 amide bonds. The van der Waals surface area contributed by atoms with Gasteiger partial charge in [-0.15, -0.1) is 0 Å². The van der Waals surface area contributed by atoms with Gasteiger partial charge in [0.05, 0.1) is 6.61 Å². The number of carbonyl (C=O) groups is 1. The van der Waals surface area contributed by atoms with Gasteiger partial charge >= 0.3 is 0 Å². The molecule has 0 aliphatic carbocycles. The van der Waals surface area contributed by atoms with E-state index >= 15 is 0 Å². The van der Waals surface area contributed by atoms with E-state index in [0.29, 0.717) is 37.2 Å². The molecule has 0 saturated carbocycles. The molecule has 0 unspecified atom stereocenters. The number of anilines is 1. The van der Waals surface area contributed by atoms with Crippen molar-refractivity contribution in [3.8, 4) is 0 Å². The van der Waals surface area contributed by atoms with E-state index in [0.717, 1.165) is 0 Å². The molecule has 5 heteroatoms. The Hall–Kier alpha value is -1.62. The Balaban J connectivity index is 2.26. The Labute approximate surface area is 101 Å². The number of nitrogen functional groups attached to an aromatic ring is 1. The minimum absolute atomic E-state index is 0.231. The maximum atomic E-state index is 11.6. The van der Waals surface area contributed by atoms with Crippen LogP contribution in [0, 0.1) is 5.92 Å². The highest BCUT2D eigenvalue weighted by Gasteiger charge is 2.06. The molecule has 17 heavy (non-hydrogen) atoms. The zero-order valence-corrected chi connectivity index (χ0v) is 10.3. The second-order valence-corrected chi connectivity index (χ2v) is 4.17. The van der Waals surface area contributed by atoms with Crippen molar-refractivity contribution in [1.82, 2.24) is 10.3 Å². The van der Waals surface area contributed by atoms with Crippen LogP contribution in [0.2, 0.25) is 0 Å². The summed E-state index contributed by atoms with van der Waals surface area (Å²) in [5.41, 5.74) is 5.82. The van der Waals surface area contributed by atoms with Gasteiger partial charge in [-0.3, -0.25) is 4.79 Å². The quantitative estimate of drug-likeness (QED) is 0.725. The second kappa shape index (κ2) is 6.85. The first-order valence-corrected chi connectivity index (χ1v) is 5.68. The molecule has 3 N–H and O–H groups in total. The topological polar surface area (TPSA) is 77.2 Å². The van der Waals surface area contributed by atoms with Gasteiger partial charge in [0.25, 0.3) is 5.91 Å². The summed E-state index contributed by atoms with van der Waals surface area (Å²) in [6.45, 7) is 5.84. The second-order valence-electron chi connectivity index (χ2n) is 4.17. The predicted octanol–water partition coefficient (Wildman–Crippen LogP) is 1.07. The number of pyridine rings is 1. The summed E-state index contributed by atoms with van der Waals surface area (Å²) < 4.78 is 5.35. The van der Waals surface area contributed by atoms with Crippen LogP contribution >= 0.6 is 0 Å². The molecule has 0 bridgehead atoms. The minimum atomic E-state index is -0.231. The monoisotopic (exact) mass is 237 g/mol. The van der Waals surface area contributed by atoms with Crippen molar-refractivity contribution >= 4 is 11.7 Å². The summed E-state index contributed by atoms with van der Waals surface area (Å²) in [5.74, 6) is 0.612. The average molecular weight is 237 g/mol. The third-order valence-electron chi connectivity index (χ3n) is 1.99. The Morgan fingerprint density at radius 1 is 1.53 bits per heavy atom. The van der Waals surface area contributed by atoms with Gasteiger partial charge in [-0.05, 0) is 18.1 Å². The zero-order valence-electron chi connectivity index (χ0n) is 10.3. The van der Waals surface area contributed by atoms with Crippen molar-refractivity contribution in [3.63, 3.8) is 0 Å². The molecule has 5 nitrogen and oxygen atoms in total. The first-order chi connectivity index (χ1) is 8.09. The third kappa shape index (κ3) is 5.31. The summed E-state index contributed by atoms with van der Waals surface area (Å²) in [7, 11) is 0. The summed E-state index contributed by atoms with van der Waals surface area (Å²) in [6.07, 6.45) is 0. The summed E-state index contributed by atoms with van der Waals surface area (Å²) in [4.78, 5) is 15.5. The number of nitrogens with two attached hydrogens (primary N) is 1. The van der Waals surface area contributed by atoms with Crippen LogP contribution in [0.5, 0.6) is 0 Å². The van der Waals surface area contributed by atoms with Crippen LogP contribution < -0.4 is 11.1 Å². The molecule has 1 heterocycles. The molecular weight excluding hydrogens is 218 g/mol. The highest BCUT2D eigenvalue weighted by Crippen LogP contribution is 1.99. The van der Waals surface area contributed by atoms with Gasteiger partial charge in [-0.1, -0.05) is 19.9 Å². The van der Waals surface area contributed by atoms with Crippen molar-refractivity contribution < 1.29 is 9.53 Å². The van der Waals surface area contributed by atoms with E-state index in [4.69, 9.17) is 10.5 Å². The maximum absolute atomic E-state index is 11.6. The number of carbonyl (C=O) groups excluding carboxylic acids is 1. The fourth-order valence-corrected chi connectivity index (χ4v) is 1.22. The van der Waals surface area contributed by atoms with Crippen LogP contribution in [0.1, 0.15) is 24.3 Å². The van der Waals surface area contributed by atoms with Gasteiger partial charge < -0.3 is 15.8 Å². The fourth-order valence-electron chi connectivity index (χ4n) is 1.22. The van der Waals surface area contributed by atoms with Gasteiger partial charge in [-0.25, -0.2) is 4.98 Å². The highest BCUT2D eigenvalue weighted by molar-refractivity contribution is 5.92. The zero-order chi connectivity index (χ0) is 12.7. The molecule has 1 aromatic rings. The number of amides is 1. The van der Waals surface area contributed by atoms with Crippen molar-refractivity contribution in [2.75, 3.05) is 25.5 Å². The first kappa shape index (κ1) is 13.4. The number of nitrogens with zero attached hydrogens (tertiary/aromatic N) is 1. The molecule has 0 aromatic carbocycles. The molecular formula is C12H19N3O2. The van der Waals surface area contributed by atoms with E-state index in [2.05, 4.69) is 24.1 Å². The maximum Gasteiger partial charge on any atom is 0.270 e. The number of rotatable bonds is 6. The molecule has 94 valence electrons. The van der Waals surface area contributed by atoms with E-state index < -0.39 is 0 Å². The average Bonchev–Trinajstić information content (AvgIpc) is 2.28. The van der Waals surface area contributed by atoms with Gasteiger partial charge in [0.1, 0.15) is 11.5 Å². The van der Waals surface area contributed by atoms with Gasteiger partial charge in [0, 0.05) is 13.2 Å². The molecule has 1 rings (SSSR count). The van der Waals surface area contributed by atoms with Gasteiger partial charge in [0.2, 0.25) is 0 Å². The van der Waals surface area contributed by atoms with Crippen molar-refractivity contribution in [3.05, 3.63) is 23.9 Å². The lowest BCUT2D eigenvalue weighted by atomic mass is 10.2. The molecule has 0 fully saturated rings. The molecule has 1 aromatic heterocycles. The predicted molar refractivity (Wildman–Crippen MR) is 66.6 cm³/mol. The molecule has 0 radical (unpaired) electrons. The normalized spacial score (nSPS) is 10.5. The largest absolute Gasteiger partial charge is 0.384 e. The van der Waals surface area contributed by atoms with Crippen LogP contribution in [-0.4, -0.2) is 30.6 Å². The lowest BCUT2D eigenvalue weighted by molar-refractivity contribution is 0.0882. The molecule has 0 atom stereocenters. The van der Waals surface area contributed by atoms with Crippen LogP contribution in [0.25, 0.3) is 0 Å². The molecule has 0 aliphatic rings. The molecule has 0 aliphatic heterocycles. The minimum Gasteiger partial charge on any atom is -0.384 e.